The number of hydrogen-bond acceptors (Lipinski definition) is 4. The third-order valence-electron chi connectivity index (χ3n) is 3.08. The molecule has 2 rings (SSSR count). The summed E-state index contributed by atoms with van der Waals surface area (Å²) in [7, 11) is -8.49. The van der Waals surface area contributed by atoms with Crippen LogP contribution in [0.3, 0.4) is 0 Å². The molecule has 23 heavy (non-hydrogen) atoms. The first-order valence-electron chi connectivity index (χ1n) is 6.17. The van der Waals surface area contributed by atoms with E-state index in [-0.39, 0.29) is 0 Å². The highest BCUT2D eigenvalue weighted by Crippen LogP contribution is 2.55. The Labute approximate surface area is 133 Å². The van der Waals surface area contributed by atoms with Crippen molar-refractivity contribution in [2.45, 2.75) is 10.4 Å². The van der Waals surface area contributed by atoms with Crippen molar-refractivity contribution in [2.24, 2.45) is 0 Å². The second kappa shape index (κ2) is 5.70. The summed E-state index contributed by atoms with van der Waals surface area (Å²) in [5, 5.41) is 10.1. The molecular formula is C14H12F3NO3S2. The Morgan fingerprint density at radius 1 is 1.04 bits per heavy atom. The van der Waals surface area contributed by atoms with Gasteiger partial charge in [-0.25, -0.2) is 3.63 Å². The molecule has 9 heteroatoms. The van der Waals surface area contributed by atoms with Gasteiger partial charge in [0.05, 0.1) is 11.6 Å². The summed E-state index contributed by atoms with van der Waals surface area (Å²) in [5.41, 5.74) is -5.14. The summed E-state index contributed by atoms with van der Waals surface area (Å²) >= 11 is 0. The minimum Gasteiger partial charge on any atom is -0.209 e. The molecule has 0 aliphatic heterocycles. The molecule has 0 N–H and O–H groups in total. The van der Waals surface area contributed by atoms with Gasteiger partial charge in [0.25, 0.3) is 0 Å². The van der Waals surface area contributed by atoms with Gasteiger partial charge < -0.3 is 0 Å². The molecule has 4 nitrogen and oxygen atoms in total. The largest absolute Gasteiger partial charge is 0.523 e. The normalized spacial score (nSPS) is 13.7. The number of halogens is 3. The first-order valence-corrected chi connectivity index (χ1v) is 9.95. The molecule has 2 aromatic carbocycles. The van der Waals surface area contributed by atoms with E-state index >= 15 is 0 Å². The van der Waals surface area contributed by atoms with Crippen LogP contribution in [0.1, 0.15) is 5.56 Å². The Bertz CT molecular complexity index is 900. The predicted molar refractivity (Wildman–Crippen MR) is 82.4 cm³/mol. The van der Waals surface area contributed by atoms with E-state index in [4.69, 9.17) is 5.26 Å². The minimum atomic E-state index is -5.72. The van der Waals surface area contributed by atoms with Crippen LogP contribution in [0, 0.1) is 11.3 Å². The first-order chi connectivity index (χ1) is 10.5. The summed E-state index contributed by atoms with van der Waals surface area (Å²) in [4.78, 5) is 0.319. The molecule has 2 aromatic rings. The Morgan fingerprint density at radius 2 is 1.61 bits per heavy atom. The second-order valence-electron chi connectivity index (χ2n) is 4.97. The zero-order valence-electron chi connectivity index (χ0n) is 12.1. The topological polar surface area (TPSA) is 67.2 Å². The van der Waals surface area contributed by atoms with Crippen molar-refractivity contribution < 1.29 is 25.2 Å². The van der Waals surface area contributed by atoms with Crippen LogP contribution in [0.25, 0.3) is 10.8 Å². The Kier molecular flexibility index (Phi) is 4.36. The van der Waals surface area contributed by atoms with Gasteiger partial charge in [-0.15, -0.1) is 0 Å². The van der Waals surface area contributed by atoms with Crippen LogP contribution in [-0.2, 0) is 13.7 Å². The molecule has 0 unspecified atom stereocenters. The van der Waals surface area contributed by atoms with E-state index in [1.165, 1.54) is 24.6 Å². The number of fused-ring (bicyclic) bond motifs is 1. The van der Waals surface area contributed by atoms with Gasteiger partial charge in [-0.3, -0.25) is 0 Å². The van der Waals surface area contributed by atoms with E-state index in [9.17, 15) is 21.6 Å². The van der Waals surface area contributed by atoms with Crippen LogP contribution in [0.5, 0.6) is 0 Å². The molecule has 0 aromatic heterocycles. The van der Waals surface area contributed by atoms with Gasteiger partial charge in [0.1, 0.15) is 0 Å². The number of nitriles is 1. The molecule has 0 heterocycles. The molecule has 0 aliphatic carbocycles. The van der Waals surface area contributed by atoms with Gasteiger partial charge in [-0.2, -0.15) is 26.9 Å². The van der Waals surface area contributed by atoms with Crippen LogP contribution in [0.2, 0.25) is 0 Å². The van der Waals surface area contributed by atoms with E-state index in [0.29, 0.717) is 21.2 Å². The number of nitrogens with zero attached hydrogens (tertiary/aromatic N) is 1. The Morgan fingerprint density at radius 3 is 2.13 bits per heavy atom. The van der Waals surface area contributed by atoms with Gasteiger partial charge in [0.15, 0.2) is 0 Å². The maximum absolute atomic E-state index is 12.6. The molecule has 0 atom stereocenters. The highest BCUT2D eigenvalue weighted by atomic mass is 32.3. The molecule has 0 fully saturated rings. The summed E-state index contributed by atoms with van der Waals surface area (Å²) < 4.78 is 64.9. The standard InChI is InChI=1S/C14H12F3NO3S2/c1-22(2,21-23(19,20)14(15,16)17)13-8-7-10(9-18)11-5-3-4-6-12(11)13/h3-8H,1-2H3. The molecule has 0 saturated heterocycles. The van der Waals surface area contributed by atoms with Crippen molar-refractivity contribution in [3.63, 3.8) is 0 Å². The predicted octanol–water partition coefficient (Wildman–Crippen LogP) is 3.92. The Balaban J connectivity index is 2.63. The van der Waals surface area contributed by atoms with Crippen molar-refractivity contribution >= 4 is 31.2 Å². The van der Waals surface area contributed by atoms with Gasteiger partial charge in [0.2, 0.25) is 0 Å². The summed E-state index contributed by atoms with van der Waals surface area (Å²) in [6.45, 7) is 0. The molecule has 124 valence electrons. The van der Waals surface area contributed by atoms with E-state index in [1.54, 1.807) is 24.3 Å². The number of alkyl halides is 3. The molecule has 0 aliphatic rings. The highest BCUT2D eigenvalue weighted by Gasteiger charge is 2.50. The lowest BCUT2D eigenvalue weighted by Crippen LogP contribution is -2.26. The van der Waals surface area contributed by atoms with Gasteiger partial charge >= 0.3 is 15.6 Å². The quantitative estimate of drug-likeness (QED) is 0.776. The van der Waals surface area contributed by atoms with Gasteiger partial charge in [0, 0.05) is 10.3 Å². The van der Waals surface area contributed by atoms with Crippen molar-refractivity contribution in [1.29, 1.82) is 5.26 Å². The maximum Gasteiger partial charge on any atom is 0.523 e. The lowest BCUT2D eigenvalue weighted by molar-refractivity contribution is -0.0495. The lowest BCUT2D eigenvalue weighted by atomic mass is 10.1. The molecule has 0 radical (unpaired) electrons. The fraction of sp³-hybridized carbons (Fsp3) is 0.214. The molecular weight excluding hydrogens is 351 g/mol. The number of benzene rings is 2. The number of rotatable bonds is 3. The zero-order chi connectivity index (χ0) is 17.5. The van der Waals surface area contributed by atoms with Crippen LogP contribution in [-0.4, -0.2) is 26.4 Å². The SMILES string of the molecule is CS(C)(OS(=O)(=O)C(F)(F)F)c1ccc(C#N)c2ccccc12. The molecule has 0 bridgehead atoms. The van der Waals surface area contributed by atoms with Crippen molar-refractivity contribution in [3.8, 4) is 6.07 Å². The third kappa shape index (κ3) is 3.29. The minimum absolute atomic E-state index is 0.319. The van der Waals surface area contributed by atoms with E-state index in [0.717, 1.165) is 0 Å². The summed E-state index contributed by atoms with van der Waals surface area (Å²) in [6.07, 6.45) is 2.62. The molecule has 0 amide bonds. The number of hydrogen-bond donors (Lipinski definition) is 0. The molecule has 0 spiro atoms. The maximum atomic E-state index is 12.6. The van der Waals surface area contributed by atoms with Gasteiger partial charge in [-0.05, 0) is 30.0 Å². The van der Waals surface area contributed by atoms with E-state index < -0.39 is 25.9 Å². The van der Waals surface area contributed by atoms with Crippen molar-refractivity contribution in [1.82, 2.24) is 0 Å². The third-order valence-corrected chi connectivity index (χ3v) is 7.14. The van der Waals surface area contributed by atoms with E-state index in [2.05, 4.69) is 3.63 Å². The van der Waals surface area contributed by atoms with E-state index in [1.807, 2.05) is 6.07 Å². The van der Waals surface area contributed by atoms with Crippen LogP contribution < -0.4 is 0 Å². The van der Waals surface area contributed by atoms with Crippen molar-refractivity contribution in [2.75, 3.05) is 12.5 Å². The zero-order valence-corrected chi connectivity index (χ0v) is 13.7. The Hall–Kier alpha value is -1.76. The lowest BCUT2D eigenvalue weighted by Gasteiger charge is -2.31. The van der Waals surface area contributed by atoms with Crippen LogP contribution >= 0.6 is 10.3 Å². The average molecular weight is 363 g/mol. The first kappa shape index (κ1) is 17.6. The fourth-order valence-electron chi connectivity index (χ4n) is 2.10. The van der Waals surface area contributed by atoms with Crippen LogP contribution in [0.4, 0.5) is 13.2 Å². The average Bonchev–Trinajstić information content (AvgIpc) is 2.43. The monoisotopic (exact) mass is 363 g/mol. The van der Waals surface area contributed by atoms with Crippen molar-refractivity contribution in [3.05, 3.63) is 42.0 Å². The fourth-order valence-corrected chi connectivity index (χ4v) is 5.59. The van der Waals surface area contributed by atoms with Crippen LogP contribution in [0.15, 0.2) is 41.3 Å². The summed E-state index contributed by atoms with van der Waals surface area (Å²) in [5.74, 6) is 0. The van der Waals surface area contributed by atoms with Gasteiger partial charge in [-0.1, -0.05) is 34.6 Å². The summed E-state index contributed by atoms with van der Waals surface area (Å²) in [6, 6.07) is 11.5. The smallest absolute Gasteiger partial charge is 0.209 e. The second-order valence-corrected chi connectivity index (χ2v) is 9.79. The highest BCUT2D eigenvalue weighted by molar-refractivity contribution is 8.32. The molecule has 0 saturated carbocycles.